The summed E-state index contributed by atoms with van der Waals surface area (Å²) in [7, 11) is 0. The number of hydrogen-bond acceptors (Lipinski definition) is 7. The third-order valence-corrected chi connectivity index (χ3v) is 4.54. The molecule has 1 fully saturated rings. The lowest BCUT2D eigenvalue weighted by Gasteiger charge is -2.31. The molecule has 0 aromatic carbocycles. The number of nitrogens with two attached hydrogens (primary N) is 1. The predicted octanol–water partition coefficient (Wildman–Crippen LogP) is 0.0770. The number of aromatic amines is 1. The molecule has 0 aliphatic carbocycles. The third kappa shape index (κ3) is 2.79. The van der Waals surface area contributed by atoms with Gasteiger partial charge in [-0.05, 0) is 12.8 Å². The van der Waals surface area contributed by atoms with E-state index in [9.17, 15) is 15.0 Å². The van der Waals surface area contributed by atoms with Crippen molar-refractivity contribution in [2.75, 3.05) is 12.3 Å². The Morgan fingerprint density at radius 1 is 1.54 bits per heavy atom. The van der Waals surface area contributed by atoms with E-state index >= 15 is 0 Å². The Balaban J connectivity index is 2.08. The van der Waals surface area contributed by atoms with Crippen LogP contribution in [0.2, 0.25) is 0 Å². The lowest BCUT2D eigenvalue weighted by atomic mass is 9.99. The van der Waals surface area contributed by atoms with Gasteiger partial charge in [-0.1, -0.05) is 19.8 Å². The van der Waals surface area contributed by atoms with Gasteiger partial charge in [0.25, 0.3) is 5.56 Å². The van der Waals surface area contributed by atoms with Crippen LogP contribution in [-0.2, 0) is 10.5 Å². The molecule has 0 saturated carbocycles. The van der Waals surface area contributed by atoms with E-state index in [2.05, 4.69) is 21.9 Å². The standard InChI is InChI=1S/C15H23N5O4/c1-2-3-4-5-15(6-9(22)10(7-21)24-15)20-8-17-11-12(20)18-14(16)19-13(11)23/h8-10,21-22H,2-7H2,1H3,(H3,16,18,19,23)/t9-,10+,15+/m0/s1. The Labute approximate surface area is 138 Å². The maximum Gasteiger partial charge on any atom is 0.280 e. The fourth-order valence-electron chi connectivity index (χ4n) is 3.34. The fraction of sp³-hybridized carbons (Fsp3) is 0.667. The average molecular weight is 337 g/mol. The van der Waals surface area contributed by atoms with Crippen LogP contribution in [0.3, 0.4) is 0 Å². The van der Waals surface area contributed by atoms with Crippen molar-refractivity contribution in [2.24, 2.45) is 0 Å². The van der Waals surface area contributed by atoms with Crippen LogP contribution >= 0.6 is 0 Å². The van der Waals surface area contributed by atoms with Crippen molar-refractivity contribution in [1.29, 1.82) is 0 Å². The summed E-state index contributed by atoms with van der Waals surface area (Å²) >= 11 is 0. The zero-order valence-corrected chi connectivity index (χ0v) is 13.6. The van der Waals surface area contributed by atoms with Crippen molar-refractivity contribution < 1.29 is 14.9 Å². The van der Waals surface area contributed by atoms with Crippen LogP contribution < -0.4 is 11.3 Å². The van der Waals surface area contributed by atoms with Gasteiger partial charge < -0.3 is 20.7 Å². The van der Waals surface area contributed by atoms with Crippen molar-refractivity contribution in [2.45, 2.75) is 57.0 Å². The number of ether oxygens (including phenoxy) is 1. The molecule has 9 nitrogen and oxygen atoms in total. The maximum absolute atomic E-state index is 12.0. The van der Waals surface area contributed by atoms with E-state index in [1.165, 1.54) is 6.33 Å². The summed E-state index contributed by atoms with van der Waals surface area (Å²) in [6.45, 7) is 1.82. The number of nitrogens with zero attached hydrogens (tertiary/aromatic N) is 3. The molecule has 1 aliphatic heterocycles. The molecule has 0 bridgehead atoms. The summed E-state index contributed by atoms with van der Waals surface area (Å²) in [6.07, 6.45) is 3.85. The van der Waals surface area contributed by atoms with Crippen LogP contribution in [0.4, 0.5) is 5.95 Å². The Bertz CT molecular complexity index is 773. The molecular weight excluding hydrogens is 314 g/mol. The van der Waals surface area contributed by atoms with Crippen LogP contribution in [0.15, 0.2) is 11.1 Å². The van der Waals surface area contributed by atoms with Crippen molar-refractivity contribution in [3.8, 4) is 0 Å². The molecular formula is C15H23N5O4. The molecule has 1 saturated heterocycles. The van der Waals surface area contributed by atoms with Gasteiger partial charge in [0.1, 0.15) is 6.10 Å². The number of nitrogens with one attached hydrogen (secondary N) is 1. The summed E-state index contributed by atoms with van der Waals surface area (Å²) in [5, 5.41) is 19.7. The minimum absolute atomic E-state index is 0.00443. The largest absolute Gasteiger partial charge is 0.394 e. The number of unbranched alkanes of at least 4 members (excludes halogenated alkanes) is 2. The molecule has 0 amide bonds. The molecule has 3 heterocycles. The van der Waals surface area contributed by atoms with Crippen LogP contribution in [0.1, 0.15) is 39.0 Å². The van der Waals surface area contributed by atoms with Crippen molar-refractivity contribution in [3.63, 3.8) is 0 Å². The zero-order valence-electron chi connectivity index (χ0n) is 13.6. The first-order valence-electron chi connectivity index (χ1n) is 8.21. The van der Waals surface area contributed by atoms with Gasteiger partial charge in [-0.15, -0.1) is 0 Å². The number of aliphatic hydroxyl groups is 2. The van der Waals surface area contributed by atoms with Crippen molar-refractivity contribution >= 4 is 17.1 Å². The molecule has 2 aromatic heterocycles. The Morgan fingerprint density at radius 2 is 2.33 bits per heavy atom. The Kier molecular flexibility index (Phi) is 4.57. The summed E-state index contributed by atoms with van der Waals surface area (Å²) in [4.78, 5) is 22.7. The van der Waals surface area contributed by atoms with E-state index in [0.29, 0.717) is 18.5 Å². The van der Waals surface area contributed by atoms with Gasteiger partial charge in [-0.3, -0.25) is 14.3 Å². The van der Waals surface area contributed by atoms with E-state index in [4.69, 9.17) is 10.5 Å². The monoisotopic (exact) mass is 337 g/mol. The number of hydrogen-bond donors (Lipinski definition) is 4. The molecule has 1 aliphatic rings. The molecule has 0 spiro atoms. The first-order valence-corrected chi connectivity index (χ1v) is 8.21. The summed E-state index contributed by atoms with van der Waals surface area (Å²) in [6, 6.07) is 0. The molecule has 3 rings (SSSR count). The summed E-state index contributed by atoms with van der Waals surface area (Å²) in [5.41, 5.74) is 4.83. The zero-order chi connectivity index (χ0) is 17.3. The molecule has 5 N–H and O–H groups in total. The van der Waals surface area contributed by atoms with Gasteiger partial charge in [0.2, 0.25) is 5.95 Å². The van der Waals surface area contributed by atoms with Gasteiger partial charge in [0.15, 0.2) is 16.9 Å². The molecule has 2 aromatic rings. The minimum Gasteiger partial charge on any atom is -0.394 e. The molecule has 0 unspecified atom stereocenters. The number of imidazole rings is 1. The Hall–Kier alpha value is -1.97. The van der Waals surface area contributed by atoms with E-state index in [-0.39, 0.29) is 18.1 Å². The van der Waals surface area contributed by atoms with Gasteiger partial charge in [0, 0.05) is 6.42 Å². The SMILES string of the molecule is CCCCC[C@]1(n2cnc3c(=O)[nH]c(N)nc32)C[C@H](O)[C@@H](CO)O1. The third-order valence-electron chi connectivity index (χ3n) is 4.54. The summed E-state index contributed by atoms with van der Waals surface area (Å²) < 4.78 is 7.69. The van der Waals surface area contributed by atoms with E-state index in [1.807, 2.05) is 0 Å². The molecule has 132 valence electrons. The number of aromatic nitrogens is 4. The normalized spacial score (nSPS) is 27.1. The second-order valence-electron chi connectivity index (χ2n) is 6.25. The van der Waals surface area contributed by atoms with Gasteiger partial charge in [-0.25, -0.2) is 4.98 Å². The van der Waals surface area contributed by atoms with E-state index in [0.717, 1.165) is 19.3 Å². The smallest absolute Gasteiger partial charge is 0.280 e. The topological polar surface area (TPSA) is 139 Å². The van der Waals surface area contributed by atoms with Crippen molar-refractivity contribution in [3.05, 3.63) is 16.7 Å². The number of aliphatic hydroxyl groups excluding tert-OH is 2. The molecule has 9 heteroatoms. The maximum atomic E-state index is 12.0. The first-order chi connectivity index (χ1) is 11.5. The highest BCUT2D eigenvalue weighted by Crippen LogP contribution is 2.40. The Morgan fingerprint density at radius 3 is 3.00 bits per heavy atom. The second kappa shape index (κ2) is 6.50. The quantitative estimate of drug-likeness (QED) is 0.547. The fourth-order valence-corrected chi connectivity index (χ4v) is 3.34. The molecule has 3 atom stereocenters. The highest BCUT2D eigenvalue weighted by atomic mass is 16.6. The second-order valence-corrected chi connectivity index (χ2v) is 6.25. The number of anilines is 1. The minimum atomic E-state index is -0.899. The number of rotatable bonds is 6. The number of H-pyrrole nitrogens is 1. The predicted molar refractivity (Wildman–Crippen MR) is 87.3 cm³/mol. The average Bonchev–Trinajstić information content (AvgIpc) is 3.09. The van der Waals surface area contributed by atoms with E-state index < -0.39 is 23.5 Å². The first kappa shape index (κ1) is 16.9. The number of nitrogen functional groups attached to an aromatic ring is 1. The van der Waals surface area contributed by atoms with Crippen LogP contribution in [0.5, 0.6) is 0 Å². The molecule has 0 radical (unpaired) electrons. The van der Waals surface area contributed by atoms with Crippen LogP contribution in [-0.4, -0.2) is 48.5 Å². The highest BCUT2D eigenvalue weighted by Gasteiger charge is 2.47. The lowest BCUT2D eigenvalue weighted by molar-refractivity contribution is -0.120. The van der Waals surface area contributed by atoms with Gasteiger partial charge in [0.05, 0.1) is 19.0 Å². The van der Waals surface area contributed by atoms with Gasteiger partial charge in [-0.2, -0.15) is 4.98 Å². The van der Waals surface area contributed by atoms with Gasteiger partial charge >= 0.3 is 0 Å². The van der Waals surface area contributed by atoms with Crippen molar-refractivity contribution in [1.82, 2.24) is 19.5 Å². The van der Waals surface area contributed by atoms with Crippen LogP contribution in [0.25, 0.3) is 11.2 Å². The number of fused-ring (bicyclic) bond motifs is 1. The molecule has 24 heavy (non-hydrogen) atoms. The van der Waals surface area contributed by atoms with Crippen LogP contribution in [0, 0.1) is 0 Å². The van der Waals surface area contributed by atoms with E-state index in [1.54, 1.807) is 4.57 Å². The lowest BCUT2D eigenvalue weighted by Crippen LogP contribution is -2.34. The summed E-state index contributed by atoms with van der Waals surface area (Å²) in [5.74, 6) is -0.00443. The highest BCUT2D eigenvalue weighted by molar-refractivity contribution is 5.70.